The Kier molecular flexibility index (Phi) is 6.84. The fourth-order valence-corrected chi connectivity index (χ4v) is 5.05. The third-order valence-corrected chi connectivity index (χ3v) is 6.92. The molecular weight excluding hydrogens is 474 g/mol. The smallest absolute Gasteiger partial charge is 0.415 e. The number of amides is 1. The molecule has 2 aromatic rings. The van der Waals surface area contributed by atoms with Gasteiger partial charge in [-0.15, -0.1) is 0 Å². The van der Waals surface area contributed by atoms with E-state index in [0.29, 0.717) is 61.8 Å². The number of hydrogen-bond donors (Lipinski definition) is 1. The van der Waals surface area contributed by atoms with Gasteiger partial charge in [0, 0.05) is 31.5 Å². The van der Waals surface area contributed by atoms with Crippen LogP contribution < -0.4 is 15.2 Å². The highest BCUT2D eigenvalue weighted by Crippen LogP contribution is 2.47. The average Bonchev–Trinajstić information content (AvgIpc) is 2.93. The molecule has 0 radical (unpaired) electrons. The Balaban J connectivity index is 1.48. The van der Waals surface area contributed by atoms with Crippen LogP contribution in [0.15, 0.2) is 71.3 Å². The summed E-state index contributed by atoms with van der Waals surface area (Å²) < 4.78 is 22.2. The molecular formula is C28H27N3O6. The van der Waals surface area contributed by atoms with Gasteiger partial charge in [-0.3, -0.25) is 4.79 Å². The Morgan fingerprint density at radius 2 is 1.84 bits per heavy atom. The molecule has 1 aliphatic carbocycles. The van der Waals surface area contributed by atoms with Crippen LogP contribution in [0.3, 0.4) is 0 Å². The lowest BCUT2D eigenvalue weighted by atomic mass is 9.73. The second-order valence-corrected chi connectivity index (χ2v) is 9.08. The molecule has 37 heavy (non-hydrogen) atoms. The van der Waals surface area contributed by atoms with Crippen LogP contribution in [0.5, 0.6) is 11.5 Å². The Labute approximate surface area is 214 Å². The minimum absolute atomic E-state index is 0.0189. The number of benzene rings is 2. The number of morpholine rings is 1. The molecule has 2 aromatic carbocycles. The molecule has 2 N–H and O–H groups in total. The third kappa shape index (κ3) is 4.76. The zero-order valence-electron chi connectivity index (χ0n) is 20.4. The lowest BCUT2D eigenvalue weighted by Gasteiger charge is -2.34. The Morgan fingerprint density at radius 1 is 1.08 bits per heavy atom. The van der Waals surface area contributed by atoms with Crippen molar-refractivity contribution in [3.8, 4) is 17.6 Å². The summed E-state index contributed by atoms with van der Waals surface area (Å²) in [5, 5.41) is 9.93. The molecule has 0 saturated carbocycles. The number of nitrogens with zero attached hydrogens (tertiary/aromatic N) is 2. The predicted octanol–water partition coefficient (Wildman–Crippen LogP) is 3.73. The standard InChI is InChI=1S/C28H27N3O6/c1-34-23-14-18(7-8-22(23)37-28(33)31-9-11-35-12-10-31)25-20(16-29)27(30)36-24-15-19(13-21(32)26(24)25)17-5-3-2-4-6-17/h2-8,14,19,25H,9-13,15,30H2,1H3/t19-,25+/m0/s1. The molecule has 0 spiro atoms. The van der Waals surface area contributed by atoms with Crippen molar-refractivity contribution in [1.82, 2.24) is 4.90 Å². The van der Waals surface area contributed by atoms with E-state index in [0.717, 1.165) is 5.56 Å². The SMILES string of the molecule is COc1cc([C@@H]2C(C#N)=C(N)OC3=C2C(=O)C[C@H](c2ccccc2)C3)ccc1OC(=O)N1CCOCC1. The normalized spacial score (nSPS) is 21.6. The topological polar surface area (TPSA) is 124 Å². The van der Waals surface area contributed by atoms with Gasteiger partial charge in [0.25, 0.3) is 0 Å². The van der Waals surface area contributed by atoms with Gasteiger partial charge >= 0.3 is 6.09 Å². The maximum Gasteiger partial charge on any atom is 0.415 e. The van der Waals surface area contributed by atoms with Crippen molar-refractivity contribution in [2.75, 3.05) is 33.4 Å². The summed E-state index contributed by atoms with van der Waals surface area (Å²) in [6, 6.07) is 16.9. The molecule has 2 heterocycles. The Hall–Kier alpha value is -4.29. The molecule has 1 amide bonds. The minimum atomic E-state index is -0.712. The monoisotopic (exact) mass is 501 g/mol. The van der Waals surface area contributed by atoms with Crippen LogP contribution in [0.1, 0.15) is 35.8 Å². The van der Waals surface area contributed by atoms with E-state index in [1.54, 1.807) is 23.1 Å². The number of hydrogen-bond acceptors (Lipinski definition) is 8. The van der Waals surface area contributed by atoms with Crippen LogP contribution in [0.2, 0.25) is 0 Å². The third-order valence-electron chi connectivity index (χ3n) is 6.92. The lowest BCUT2D eigenvalue weighted by Crippen LogP contribution is -2.42. The summed E-state index contributed by atoms with van der Waals surface area (Å²) in [6.45, 7) is 1.80. The van der Waals surface area contributed by atoms with Crippen molar-refractivity contribution >= 4 is 11.9 Å². The van der Waals surface area contributed by atoms with Gasteiger partial charge in [-0.2, -0.15) is 5.26 Å². The van der Waals surface area contributed by atoms with Crippen molar-refractivity contribution < 1.29 is 28.5 Å². The van der Waals surface area contributed by atoms with E-state index in [-0.39, 0.29) is 28.9 Å². The number of allylic oxidation sites excluding steroid dienone is 3. The lowest BCUT2D eigenvalue weighted by molar-refractivity contribution is -0.117. The first-order chi connectivity index (χ1) is 18.0. The molecule has 0 bridgehead atoms. The van der Waals surface area contributed by atoms with E-state index in [9.17, 15) is 14.9 Å². The number of ketones is 1. The maximum atomic E-state index is 13.5. The molecule has 5 rings (SSSR count). The molecule has 2 atom stereocenters. The first kappa shape index (κ1) is 24.4. The van der Waals surface area contributed by atoms with Gasteiger partial charge < -0.3 is 29.6 Å². The summed E-state index contributed by atoms with van der Waals surface area (Å²) in [4.78, 5) is 27.6. The van der Waals surface area contributed by atoms with E-state index in [2.05, 4.69) is 6.07 Å². The largest absolute Gasteiger partial charge is 0.493 e. The Bertz CT molecular complexity index is 1320. The van der Waals surface area contributed by atoms with Gasteiger partial charge in [0.2, 0.25) is 5.88 Å². The van der Waals surface area contributed by atoms with Crippen LogP contribution in [0.4, 0.5) is 4.79 Å². The molecule has 2 aliphatic heterocycles. The van der Waals surface area contributed by atoms with Gasteiger partial charge in [-0.1, -0.05) is 36.4 Å². The molecule has 1 saturated heterocycles. The summed E-state index contributed by atoms with van der Waals surface area (Å²) in [5.41, 5.74) is 8.42. The number of Topliss-reactive ketones (excluding diaryl/α,β-unsaturated/α-hetero) is 1. The van der Waals surface area contributed by atoms with Gasteiger partial charge in [0.05, 0.1) is 26.2 Å². The van der Waals surface area contributed by atoms with E-state index >= 15 is 0 Å². The molecule has 0 aromatic heterocycles. The summed E-state index contributed by atoms with van der Waals surface area (Å²) in [7, 11) is 1.46. The second-order valence-electron chi connectivity index (χ2n) is 9.08. The average molecular weight is 502 g/mol. The van der Waals surface area contributed by atoms with E-state index in [1.807, 2.05) is 30.3 Å². The number of methoxy groups -OCH3 is 1. The van der Waals surface area contributed by atoms with Crippen LogP contribution in [0, 0.1) is 11.3 Å². The zero-order chi connectivity index (χ0) is 25.9. The predicted molar refractivity (Wildman–Crippen MR) is 133 cm³/mol. The van der Waals surface area contributed by atoms with Crippen LogP contribution in [-0.2, 0) is 14.3 Å². The van der Waals surface area contributed by atoms with Gasteiger partial charge in [-0.05, 0) is 29.2 Å². The number of nitriles is 1. The number of ether oxygens (including phenoxy) is 4. The van der Waals surface area contributed by atoms with E-state index < -0.39 is 12.0 Å². The van der Waals surface area contributed by atoms with Gasteiger partial charge in [-0.25, -0.2) is 4.79 Å². The second kappa shape index (κ2) is 10.4. The first-order valence-electron chi connectivity index (χ1n) is 12.1. The van der Waals surface area contributed by atoms with Crippen molar-refractivity contribution in [2.45, 2.75) is 24.7 Å². The molecule has 0 unspecified atom stereocenters. The number of carbonyl (C=O) groups excluding carboxylic acids is 2. The quantitative estimate of drug-likeness (QED) is 0.672. The molecule has 190 valence electrons. The highest BCUT2D eigenvalue weighted by molar-refractivity contribution is 6.00. The number of carbonyl (C=O) groups is 2. The fraction of sp³-hybridized carbons (Fsp3) is 0.321. The van der Waals surface area contributed by atoms with E-state index in [1.165, 1.54) is 7.11 Å². The highest BCUT2D eigenvalue weighted by Gasteiger charge is 2.41. The van der Waals surface area contributed by atoms with Crippen molar-refractivity contribution in [3.05, 3.63) is 82.4 Å². The first-order valence-corrected chi connectivity index (χ1v) is 12.1. The summed E-state index contributed by atoms with van der Waals surface area (Å²) >= 11 is 0. The van der Waals surface area contributed by atoms with Crippen LogP contribution in [-0.4, -0.2) is 50.2 Å². The molecule has 1 fully saturated rings. The molecule has 9 heteroatoms. The Morgan fingerprint density at radius 3 is 2.54 bits per heavy atom. The van der Waals surface area contributed by atoms with Gasteiger partial charge in [0.15, 0.2) is 17.3 Å². The summed E-state index contributed by atoms with van der Waals surface area (Å²) in [5.74, 6) is 0.148. The molecule has 3 aliphatic rings. The molecule has 9 nitrogen and oxygen atoms in total. The van der Waals surface area contributed by atoms with Crippen molar-refractivity contribution in [2.24, 2.45) is 5.73 Å². The minimum Gasteiger partial charge on any atom is -0.493 e. The fourth-order valence-electron chi connectivity index (χ4n) is 5.05. The van der Waals surface area contributed by atoms with E-state index in [4.69, 9.17) is 24.7 Å². The van der Waals surface area contributed by atoms with Crippen molar-refractivity contribution in [1.29, 1.82) is 5.26 Å². The van der Waals surface area contributed by atoms with Crippen LogP contribution >= 0.6 is 0 Å². The van der Waals surface area contributed by atoms with Crippen molar-refractivity contribution in [3.63, 3.8) is 0 Å². The summed E-state index contributed by atoms with van der Waals surface area (Å²) in [6.07, 6.45) is 0.294. The van der Waals surface area contributed by atoms with Gasteiger partial charge in [0.1, 0.15) is 17.4 Å². The highest BCUT2D eigenvalue weighted by atomic mass is 16.6. The zero-order valence-corrected chi connectivity index (χ0v) is 20.4. The number of nitrogens with two attached hydrogens (primary N) is 1. The van der Waals surface area contributed by atoms with Crippen LogP contribution in [0.25, 0.3) is 0 Å². The maximum absolute atomic E-state index is 13.5. The number of rotatable bonds is 4.